The molecule has 0 radical (unpaired) electrons. The second-order valence-electron chi connectivity index (χ2n) is 5.73. The van der Waals surface area contributed by atoms with Crippen LogP contribution >= 0.6 is 0 Å². The summed E-state index contributed by atoms with van der Waals surface area (Å²) in [5.74, 6) is -1.79. The number of carboxylic acid groups (broad SMARTS) is 1. The van der Waals surface area contributed by atoms with Crippen LogP contribution in [0.15, 0.2) is 29.2 Å². The summed E-state index contributed by atoms with van der Waals surface area (Å²) in [6.07, 6.45) is 0. The highest BCUT2D eigenvalue weighted by atomic mass is 32.2. The van der Waals surface area contributed by atoms with Crippen LogP contribution in [0, 0.1) is 27.7 Å². The minimum absolute atomic E-state index is 0.0930. The van der Waals surface area contributed by atoms with Crippen LogP contribution in [0.25, 0.3) is 0 Å². The van der Waals surface area contributed by atoms with Crippen molar-refractivity contribution in [1.82, 2.24) is 0 Å². The molecule has 0 aromatic heterocycles. The molecule has 0 saturated carbocycles. The van der Waals surface area contributed by atoms with Gasteiger partial charge in [0.05, 0.1) is 10.6 Å². The van der Waals surface area contributed by atoms with Crippen molar-refractivity contribution >= 4 is 21.7 Å². The van der Waals surface area contributed by atoms with Gasteiger partial charge >= 0.3 is 5.97 Å². The van der Waals surface area contributed by atoms with Crippen LogP contribution in [0.1, 0.15) is 32.6 Å². The molecule has 0 saturated heterocycles. The maximum Gasteiger partial charge on any atom is 0.339 e. The lowest BCUT2D eigenvalue weighted by atomic mass is 10.0. The summed E-state index contributed by atoms with van der Waals surface area (Å²) in [7, 11) is -3.88. The van der Waals surface area contributed by atoms with Crippen LogP contribution in [0.3, 0.4) is 0 Å². The molecule has 0 bridgehead atoms. The zero-order valence-corrected chi connectivity index (χ0v) is 14.7. The van der Waals surface area contributed by atoms with Gasteiger partial charge in [-0.15, -0.1) is 0 Å². The van der Waals surface area contributed by atoms with Gasteiger partial charge in [0.1, 0.15) is 11.3 Å². The fourth-order valence-electron chi connectivity index (χ4n) is 2.57. The molecule has 6 nitrogen and oxygen atoms in total. The van der Waals surface area contributed by atoms with Crippen molar-refractivity contribution in [2.24, 2.45) is 0 Å². The van der Waals surface area contributed by atoms with Gasteiger partial charge in [-0.25, -0.2) is 13.2 Å². The van der Waals surface area contributed by atoms with Crippen molar-refractivity contribution in [3.8, 4) is 5.75 Å². The normalized spacial score (nSPS) is 11.3. The maximum absolute atomic E-state index is 12.8. The Labute approximate surface area is 140 Å². The molecule has 2 aromatic carbocycles. The summed E-state index contributed by atoms with van der Waals surface area (Å²) in [5.41, 5.74) is 2.83. The first-order valence-corrected chi connectivity index (χ1v) is 8.69. The standard InChI is InChI=1S/C17H19NO5S/c1-9-7-10(2)12(4)16(11(9)3)24(22,23)18-13-5-6-14(17(20)21)15(19)8-13/h5-8,18-19H,1-4H3,(H,20,21). The number of carbonyl (C=O) groups is 1. The van der Waals surface area contributed by atoms with Crippen LogP contribution in [0.2, 0.25) is 0 Å². The van der Waals surface area contributed by atoms with E-state index in [1.807, 2.05) is 19.9 Å². The molecule has 24 heavy (non-hydrogen) atoms. The number of sulfonamides is 1. The van der Waals surface area contributed by atoms with E-state index in [4.69, 9.17) is 5.11 Å². The van der Waals surface area contributed by atoms with E-state index in [0.717, 1.165) is 23.3 Å². The quantitative estimate of drug-likeness (QED) is 0.787. The summed E-state index contributed by atoms with van der Waals surface area (Å²) in [6.45, 7) is 7.16. The van der Waals surface area contributed by atoms with Crippen LogP contribution in [-0.2, 0) is 10.0 Å². The van der Waals surface area contributed by atoms with Gasteiger partial charge in [-0.3, -0.25) is 4.72 Å². The number of anilines is 1. The van der Waals surface area contributed by atoms with Gasteiger partial charge in [-0.05, 0) is 62.1 Å². The van der Waals surface area contributed by atoms with E-state index in [-0.39, 0.29) is 16.1 Å². The molecule has 7 heteroatoms. The predicted molar refractivity (Wildman–Crippen MR) is 91.3 cm³/mol. The van der Waals surface area contributed by atoms with E-state index in [2.05, 4.69) is 4.72 Å². The number of aryl methyl sites for hydroxylation is 2. The van der Waals surface area contributed by atoms with Crippen LogP contribution < -0.4 is 4.72 Å². The van der Waals surface area contributed by atoms with Gasteiger partial charge < -0.3 is 10.2 Å². The van der Waals surface area contributed by atoms with Crippen molar-refractivity contribution < 1.29 is 23.4 Å². The highest BCUT2D eigenvalue weighted by Crippen LogP contribution is 2.29. The zero-order chi connectivity index (χ0) is 18.2. The number of aromatic carboxylic acids is 1. The van der Waals surface area contributed by atoms with Crippen molar-refractivity contribution in [2.75, 3.05) is 4.72 Å². The Balaban J connectivity index is 2.51. The van der Waals surface area contributed by atoms with Crippen molar-refractivity contribution in [1.29, 1.82) is 0 Å². The molecule has 3 N–H and O–H groups in total. The molecular formula is C17H19NO5S. The molecule has 0 amide bonds. The SMILES string of the molecule is Cc1cc(C)c(C)c(S(=O)(=O)Nc2ccc(C(=O)O)c(O)c2)c1C. The van der Waals surface area contributed by atoms with Gasteiger partial charge in [0.15, 0.2) is 0 Å². The minimum atomic E-state index is -3.88. The van der Waals surface area contributed by atoms with E-state index in [1.165, 1.54) is 6.07 Å². The Hall–Kier alpha value is -2.54. The maximum atomic E-state index is 12.8. The summed E-state index contributed by atoms with van der Waals surface area (Å²) in [5, 5.41) is 18.6. The fourth-order valence-corrected chi connectivity index (χ4v) is 4.23. The van der Waals surface area contributed by atoms with Crippen LogP contribution in [-0.4, -0.2) is 24.6 Å². The van der Waals surface area contributed by atoms with Gasteiger partial charge in [0.25, 0.3) is 10.0 Å². The molecular weight excluding hydrogens is 330 g/mol. The van der Waals surface area contributed by atoms with Gasteiger partial charge in [0.2, 0.25) is 0 Å². The third kappa shape index (κ3) is 3.21. The Morgan fingerprint density at radius 1 is 1.00 bits per heavy atom. The fraction of sp³-hybridized carbons (Fsp3) is 0.235. The highest BCUT2D eigenvalue weighted by Gasteiger charge is 2.22. The lowest BCUT2D eigenvalue weighted by Gasteiger charge is -2.17. The predicted octanol–water partition coefficient (Wildman–Crippen LogP) is 3.12. The van der Waals surface area contributed by atoms with Crippen molar-refractivity contribution in [2.45, 2.75) is 32.6 Å². The Bertz CT molecular complexity index is 906. The van der Waals surface area contributed by atoms with Gasteiger partial charge in [-0.2, -0.15) is 0 Å². The summed E-state index contributed by atoms with van der Waals surface area (Å²) < 4.78 is 27.9. The second kappa shape index (κ2) is 6.16. The number of rotatable bonds is 4. The number of benzene rings is 2. The lowest BCUT2D eigenvalue weighted by molar-refractivity contribution is 0.0694. The molecule has 2 aromatic rings. The Kier molecular flexibility index (Phi) is 4.57. The van der Waals surface area contributed by atoms with E-state index >= 15 is 0 Å². The summed E-state index contributed by atoms with van der Waals surface area (Å²) in [6, 6.07) is 5.45. The number of hydrogen-bond donors (Lipinski definition) is 3. The molecule has 0 atom stereocenters. The second-order valence-corrected chi connectivity index (χ2v) is 7.35. The molecule has 0 heterocycles. The van der Waals surface area contributed by atoms with Crippen LogP contribution in [0.5, 0.6) is 5.75 Å². The van der Waals surface area contributed by atoms with Crippen molar-refractivity contribution in [3.05, 3.63) is 52.1 Å². The first kappa shape index (κ1) is 17.8. The monoisotopic (exact) mass is 349 g/mol. The first-order chi connectivity index (χ1) is 11.0. The smallest absolute Gasteiger partial charge is 0.339 e. The van der Waals surface area contributed by atoms with Gasteiger partial charge in [-0.1, -0.05) is 6.07 Å². The molecule has 0 aliphatic rings. The molecule has 0 unspecified atom stereocenters. The minimum Gasteiger partial charge on any atom is -0.507 e. The average Bonchev–Trinajstić information content (AvgIpc) is 2.44. The number of phenols is 1. The highest BCUT2D eigenvalue weighted by molar-refractivity contribution is 7.92. The molecule has 128 valence electrons. The third-order valence-corrected chi connectivity index (χ3v) is 5.70. The van der Waals surface area contributed by atoms with E-state index in [0.29, 0.717) is 11.1 Å². The largest absolute Gasteiger partial charge is 0.507 e. The van der Waals surface area contributed by atoms with Gasteiger partial charge in [0, 0.05) is 6.07 Å². The topological polar surface area (TPSA) is 104 Å². The number of nitrogens with one attached hydrogen (secondary N) is 1. The average molecular weight is 349 g/mol. The molecule has 2 rings (SSSR count). The zero-order valence-electron chi connectivity index (χ0n) is 13.8. The molecule has 0 spiro atoms. The number of carboxylic acids is 1. The molecule has 0 fully saturated rings. The van der Waals surface area contributed by atoms with Crippen molar-refractivity contribution in [3.63, 3.8) is 0 Å². The van der Waals surface area contributed by atoms with E-state index < -0.39 is 21.7 Å². The number of hydrogen-bond acceptors (Lipinski definition) is 4. The molecule has 0 aliphatic carbocycles. The summed E-state index contributed by atoms with van der Waals surface area (Å²) in [4.78, 5) is 11.1. The van der Waals surface area contributed by atoms with E-state index in [1.54, 1.807) is 13.8 Å². The number of aromatic hydroxyl groups is 1. The Morgan fingerprint density at radius 2 is 1.54 bits per heavy atom. The van der Waals surface area contributed by atoms with E-state index in [9.17, 15) is 18.3 Å². The molecule has 0 aliphatic heterocycles. The Morgan fingerprint density at radius 3 is 2.00 bits per heavy atom. The van der Waals surface area contributed by atoms with Crippen LogP contribution in [0.4, 0.5) is 5.69 Å². The summed E-state index contributed by atoms with van der Waals surface area (Å²) >= 11 is 0. The third-order valence-electron chi connectivity index (χ3n) is 4.05. The lowest BCUT2D eigenvalue weighted by Crippen LogP contribution is -2.17. The first-order valence-electron chi connectivity index (χ1n) is 7.21.